The van der Waals surface area contributed by atoms with Crippen LogP contribution in [-0.2, 0) is 4.79 Å². The lowest BCUT2D eigenvalue weighted by Gasteiger charge is -2.21. The fourth-order valence-electron chi connectivity index (χ4n) is 3.58. The molecule has 2 aromatic rings. The number of benzene rings is 1. The monoisotopic (exact) mass is 397 g/mol. The second kappa shape index (κ2) is 9.58. The number of carbonyl (C=O) groups excluding carboxylic acids is 1. The Morgan fingerprint density at radius 2 is 2.10 bits per heavy atom. The Balaban J connectivity index is 1.57. The van der Waals surface area contributed by atoms with Crippen molar-refractivity contribution in [1.29, 1.82) is 0 Å². The van der Waals surface area contributed by atoms with Gasteiger partial charge in [0.25, 0.3) is 0 Å². The molecule has 1 aromatic heterocycles. The maximum absolute atomic E-state index is 11.2. The Labute approximate surface area is 173 Å². The smallest absolute Gasteiger partial charge is 0.226 e. The van der Waals surface area contributed by atoms with E-state index in [0.717, 1.165) is 55.6 Å². The number of amides is 1. The quantitative estimate of drug-likeness (QED) is 0.738. The minimum Gasteiger partial charge on any atom is -0.489 e. The van der Waals surface area contributed by atoms with E-state index in [-0.39, 0.29) is 18.1 Å². The Hall–Kier alpha value is -2.83. The third-order valence-corrected chi connectivity index (χ3v) is 5.10. The molecule has 0 saturated carbocycles. The molecule has 0 bridgehead atoms. The Morgan fingerprint density at radius 1 is 1.34 bits per heavy atom. The molecule has 156 valence electrons. The first kappa shape index (κ1) is 20.9. The van der Waals surface area contributed by atoms with Crippen LogP contribution in [0.25, 0.3) is 0 Å². The molecule has 1 aliphatic rings. The average Bonchev–Trinajstić information content (AvgIpc) is 3.17. The van der Waals surface area contributed by atoms with Crippen LogP contribution in [0.5, 0.6) is 5.75 Å². The number of aromatic nitrogens is 2. The van der Waals surface area contributed by atoms with Gasteiger partial charge in [-0.25, -0.2) is 4.98 Å². The summed E-state index contributed by atoms with van der Waals surface area (Å²) in [6.45, 7) is 8.30. The van der Waals surface area contributed by atoms with Crippen LogP contribution in [0.15, 0.2) is 36.5 Å². The molecule has 0 unspecified atom stereocenters. The Kier molecular flexibility index (Phi) is 6.90. The van der Waals surface area contributed by atoms with E-state index < -0.39 is 0 Å². The largest absolute Gasteiger partial charge is 0.489 e. The molecular formula is C22H31N5O2. The lowest BCUT2D eigenvalue weighted by molar-refractivity contribution is -0.119. The topological polar surface area (TPSA) is 70.6 Å². The first-order chi connectivity index (χ1) is 14.0. The highest BCUT2D eigenvalue weighted by Gasteiger charge is 2.25. The van der Waals surface area contributed by atoms with Gasteiger partial charge in [-0.2, -0.15) is 4.98 Å². The van der Waals surface area contributed by atoms with E-state index in [9.17, 15) is 4.79 Å². The molecule has 0 radical (unpaired) electrons. The summed E-state index contributed by atoms with van der Waals surface area (Å²) in [5.41, 5.74) is 1.06. The molecule has 1 N–H and O–H groups in total. The molecule has 1 aromatic carbocycles. The van der Waals surface area contributed by atoms with Gasteiger partial charge in [0.1, 0.15) is 17.7 Å². The molecule has 1 amide bonds. The van der Waals surface area contributed by atoms with Gasteiger partial charge < -0.3 is 19.9 Å². The van der Waals surface area contributed by atoms with Crippen molar-refractivity contribution >= 4 is 17.7 Å². The lowest BCUT2D eigenvalue weighted by Crippen LogP contribution is -2.27. The highest BCUT2D eigenvalue weighted by molar-refractivity contribution is 5.73. The van der Waals surface area contributed by atoms with Gasteiger partial charge in [0, 0.05) is 39.7 Å². The fourth-order valence-corrected chi connectivity index (χ4v) is 3.58. The average molecular weight is 398 g/mol. The van der Waals surface area contributed by atoms with E-state index in [2.05, 4.69) is 27.0 Å². The Bertz CT molecular complexity index is 811. The van der Waals surface area contributed by atoms with Crippen LogP contribution in [-0.4, -0.2) is 48.7 Å². The maximum atomic E-state index is 11.2. The first-order valence-electron chi connectivity index (χ1n) is 10.3. The van der Waals surface area contributed by atoms with E-state index in [1.165, 1.54) is 6.92 Å². The van der Waals surface area contributed by atoms with Gasteiger partial charge >= 0.3 is 0 Å². The third kappa shape index (κ3) is 5.59. The summed E-state index contributed by atoms with van der Waals surface area (Å²) in [7, 11) is 2.02. The minimum atomic E-state index is -0.0300. The van der Waals surface area contributed by atoms with E-state index in [0.29, 0.717) is 0 Å². The predicted molar refractivity (Wildman–Crippen MR) is 116 cm³/mol. The first-order valence-corrected chi connectivity index (χ1v) is 10.3. The van der Waals surface area contributed by atoms with Crippen LogP contribution in [0, 0.1) is 0 Å². The number of ether oxygens (including phenoxy) is 1. The molecule has 0 aliphatic carbocycles. The second-order valence-electron chi connectivity index (χ2n) is 7.60. The van der Waals surface area contributed by atoms with Gasteiger partial charge in [0.2, 0.25) is 11.9 Å². The molecule has 0 spiro atoms. The van der Waals surface area contributed by atoms with Crippen LogP contribution >= 0.6 is 0 Å². The van der Waals surface area contributed by atoms with Crippen molar-refractivity contribution in [2.75, 3.05) is 36.5 Å². The summed E-state index contributed by atoms with van der Waals surface area (Å²) in [5, 5.41) is 2.89. The van der Waals surface area contributed by atoms with Gasteiger partial charge in [-0.15, -0.1) is 0 Å². The fraction of sp³-hybridized carbons (Fsp3) is 0.500. The van der Waals surface area contributed by atoms with Crippen LogP contribution in [0.1, 0.15) is 45.2 Å². The summed E-state index contributed by atoms with van der Waals surface area (Å²) in [6, 6.07) is 9.90. The zero-order valence-corrected chi connectivity index (χ0v) is 17.8. The SMILES string of the molecule is CCCN(C)c1nccc(N2CC[C@@H](Oc3ccc([C@H](C)NC(C)=O)cc3)C2)n1. The van der Waals surface area contributed by atoms with E-state index in [1.807, 2.05) is 50.5 Å². The number of nitrogens with one attached hydrogen (secondary N) is 1. The van der Waals surface area contributed by atoms with Crippen LogP contribution in [0.3, 0.4) is 0 Å². The predicted octanol–water partition coefficient (Wildman–Crippen LogP) is 3.18. The molecule has 2 heterocycles. The van der Waals surface area contributed by atoms with Crippen molar-refractivity contribution in [1.82, 2.24) is 15.3 Å². The lowest BCUT2D eigenvalue weighted by atomic mass is 10.1. The molecule has 2 atom stereocenters. The number of hydrogen-bond acceptors (Lipinski definition) is 6. The zero-order chi connectivity index (χ0) is 20.8. The Morgan fingerprint density at radius 3 is 2.79 bits per heavy atom. The van der Waals surface area contributed by atoms with Crippen molar-refractivity contribution in [3.8, 4) is 5.75 Å². The second-order valence-corrected chi connectivity index (χ2v) is 7.60. The number of hydrogen-bond donors (Lipinski definition) is 1. The minimum absolute atomic E-state index is 0.0127. The molecule has 1 fully saturated rings. The molecular weight excluding hydrogens is 366 g/mol. The summed E-state index contributed by atoms with van der Waals surface area (Å²) in [4.78, 5) is 24.7. The van der Waals surface area contributed by atoms with Gasteiger partial charge in [0.15, 0.2) is 0 Å². The summed E-state index contributed by atoms with van der Waals surface area (Å²) >= 11 is 0. The summed E-state index contributed by atoms with van der Waals surface area (Å²) < 4.78 is 6.18. The maximum Gasteiger partial charge on any atom is 0.226 e. The number of carbonyl (C=O) groups is 1. The number of rotatable bonds is 8. The van der Waals surface area contributed by atoms with Crippen LogP contribution in [0.2, 0.25) is 0 Å². The van der Waals surface area contributed by atoms with Crippen molar-refractivity contribution < 1.29 is 9.53 Å². The van der Waals surface area contributed by atoms with E-state index >= 15 is 0 Å². The standard InChI is InChI=1S/C22H31N5O2/c1-5-13-26(4)22-23-12-10-21(25-22)27-14-11-20(15-27)29-19-8-6-18(7-9-19)16(2)24-17(3)28/h6-10,12,16,20H,5,11,13-15H2,1-4H3,(H,24,28)/t16-,20+/m0/s1. The highest BCUT2D eigenvalue weighted by atomic mass is 16.5. The van der Waals surface area contributed by atoms with Crippen molar-refractivity contribution in [3.05, 3.63) is 42.1 Å². The van der Waals surface area contributed by atoms with Gasteiger partial charge in [-0.1, -0.05) is 19.1 Å². The number of anilines is 2. The summed E-state index contributed by atoms with van der Waals surface area (Å²) in [5.74, 6) is 2.53. The highest BCUT2D eigenvalue weighted by Crippen LogP contribution is 2.24. The molecule has 7 heteroatoms. The summed E-state index contributed by atoms with van der Waals surface area (Å²) in [6.07, 6.45) is 3.97. The normalized spacial score (nSPS) is 17.1. The van der Waals surface area contributed by atoms with E-state index in [1.54, 1.807) is 0 Å². The van der Waals surface area contributed by atoms with Crippen LogP contribution in [0.4, 0.5) is 11.8 Å². The molecule has 1 aliphatic heterocycles. The van der Waals surface area contributed by atoms with Crippen molar-refractivity contribution in [3.63, 3.8) is 0 Å². The van der Waals surface area contributed by atoms with E-state index in [4.69, 9.17) is 9.72 Å². The number of nitrogens with zero attached hydrogens (tertiary/aromatic N) is 4. The van der Waals surface area contributed by atoms with Gasteiger partial charge in [-0.3, -0.25) is 4.79 Å². The zero-order valence-electron chi connectivity index (χ0n) is 17.8. The molecule has 3 rings (SSSR count). The molecule has 1 saturated heterocycles. The van der Waals surface area contributed by atoms with Gasteiger partial charge in [0.05, 0.1) is 12.6 Å². The van der Waals surface area contributed by atoms with Crippen LogP contribution < -0.4 is 19.9 Å². The third-order valence-electron chi connectivity index (χ3n) is 5.10. The van der Waals surface area contributed by atoms with Crippen molar-refractivity contribution in [2.24, 2.45) is 0 Å². The molecule has 7 nitrogen and oxygen atoms in total. The molecule has 29 heavy (non-hydrogen) atoms. The van der Waals surface area contributed by atoms with Crippen molar-refractivity contribution in [2.45, 2.75) is 45.8 Å². The van der Waals surface area contributed by atoms with Gasteiger partial charge in [-0.05, 0) is 37.1 Å².